The second-order valence-corrected chi connectivity index (χ2v) is 7.94. The van der Waals surface area contributed by atoms with Gasteiger partial charge < -0.3 is 29.9 Å². The van der Waals surface area contributed by atoms with Crippen LogP contribution in [-0.4, -0.2) is 46.2 Å². The molecule has 2 aromatic rings. The highest BCUT2D eigenvalue weighted by molar-refractivity contribution is 6.03. The van der Waals surface area contributed by atoms with Gasteiger partial charge in [-0.05, 0) is 26.7 Å². The predicted molar refractivity (Wildman–Crippen MR) is 123 cm³/mol. The molecule has 0 aliphatic rings. The lowest BCUT2D eigenvalue weighted by Crippen LogP contribution is -2.09. The highest BCUT2D eigenvalue weighted by Gasteiger charge is 2.30. The van der Waals surface area contributed by atoms with Gasteiger partial charge in [0.15, 0.2) is 11.6 Å². The van der Waals surface area contributed by atoms with Crippen molar-refractivity contribution in [2.75, 3.05) is 14.2 Å². The molecule has 0 bridgehead atoms. The van der Waals surface area contributed by atoms with Gasteiger partial charge in [0.25, 0.3) is 0 Å². The monoisotopic (exact) mass is 460 g/mol. The smallest absolute Gasteiger partial charge is 0.170 e. The first-order chi connectivity index (χ1) is 15.6. The maximum Gasteiger partial charge on any atom is 0.170 e. The Morgan fingerprint density at radius 1 is 0.667 bits per heavy atom. The van der Waals surface area contributed by atoms with Crippen molar-refractivity contribution in [1.29, 1.82) is 0 Å². The lowest BCUT2D eigenvalue weighted by atomic mass is 9.89. The van der Waals surface area contributed by atoms with Gasteiger partial charge in [-0.1, -0.05) is 13.8 Å². The number of benzene rings is 2. The van der Waals surface area contributed by atoms with Crippen LogP contribution in [0.4, 0.5) is 0 Å². The number of carbonyl (C=O) groups excluding carboxylic acids is 2. The van der Waals surface area contributed by atoms with Crippen LogP contribution in [0.5, 0.6) is 34.5 Å². The minimum atomic E-state index is -0.470. The Morgan fingerprint density at radius 3 is 1.27 bits per heavy atom. The van der Waals surface area contributed by atoms with Gasteiger partial charge in [0.1, 0.15) is 45.6 Å². The number of phenols is 4. The van der Waals surface area contributed by atoms with E-state index < -0.39 is 23.1 Å². The average Bonchev–Trinajstić information content (AvgIpc) is 2.76. The predicted octanol–water partition coefficient (Wildman–Crippen LogP) is 4.70. The summed E-state index contributed by atoms with van der Waals surface area (Å²) in [5.41, 5.74) is 0.337. The van der Waals surface area contributed by atoms with E-state index in [9.17, 15) is 30.0 Å². The Morgan fingerprint density at radius 2 is 1.00 bits per heavy atom. The number of phenolic OH excluding ortho intramolecular Hbond substituents is 4. The molecule has 0 aliphatic carbocycles. The number of ether oxygens (including phenoxy) is 2. The average molecular weight is 461 g/mol. The molecule has 4 N–H and O–H groups in total. The van der Waals surface area contributed by atoms with E-state index in [-0.39, 0.29) is 75.6 Å². The van der Waals surface area contributed by atoms with Gasteiger partial charge in [-0.25, -0.2) is 0 Å². The van der Waals surface area contributed by atoms with E-state index in [1.165, 1.54) is 14.2 Å². The van der Waals surface area contributed by atoms with Crippen molar-refractivity contribution < 1.29 is 39.5 Å². The maximum atomic E-state index is 12.6. The van der Waals surface area contributed by atoms with E-state index in [2.05, 4.69) is 0 Å². The van der Waals surface area contributed by atoms with Crippen molar-refractivity contribution in [3.63, 3.8) is 0 Å². The van der Waals surface area contributed by atoms with Gasteiger partial charge >= 0.3 is 0 Å². The molecule has 180 valence electrons. The molecule has 0 radical (unpaired) electrons. The number of hydrogen-bond acceptors (Lipinski definition) is 8. The molecule has 2 aromatic carbocycles. The van der Waals surface area contributed by atoms with Crippen LogP contribution in [0.25, 0.3) is 0 Å². The van der Waals surface area contributed by atoms with Gasteiger partial charge in [0, 0.05) is 41.5 Å². The van der Waals surface area contributed by atoms with Crippen LogP contribution in [-0.2, 0) is 6.42 Å². The summed E-state index contributed by atoms with van der Waals surface area (Å²) in [5.74, 6) is -2.29. The zero-order valence-corrected chi connectivity index (χ0v) is 20.0. The molecule has 0 unspecified atom stereocenters. The minimum absolute atomic E-state index is 0.120. The molecular weight excluding hydrogens is 428 g/mol. The zero-order valence-electron chi connectivity index (χ0n) is 20.0. The van der Waals surface area contributed by atoms with E-state index in [0.717, 1.165) is 0 Å². The largest absolute Gasteiger partial charge is 0.507 e. The van der Waals surface area contributed by atoms with E-state index in [0.29, 0.717) is 12.8 Å². The molecule has 0 aromatic heterocycles. The van der Waals surface area contributed by atoms with E-state index in [1.54, 1.807) is 27.7 Å². The third-order valence-corrected chi connectivity index (χ3v) is 5.73. The Bertz CT molecular complexity index is 1000. The summed E-state index contributed by atoms with van der Waals surface area (Å²) in [5, 5.41) is 43.2. The maximum absolute atomic E-state index is 12.6. The summed E-state index contributed by atoms with van der Waals surface area (Å²) in [7, 11) is 2.71. The number of methoxy groups -OCH3 is 2. The molecule has 0 amide bonds. The lowest BCUT2D eigenvalue weighted by Gasteiger charge is -2.22. The molecule has 8 nitrogen and oxygen atoms in total. The van der Waals surface area contributed by atoms with Gasteiger partial charge in [-0.3, -0.25) is 9.59 Å². The summed E-state index contributed by atoms with van der Waals surface area (Å²) in [6, 6.07) is 0. The quantitative estimate of drug-likeness (QED) is 0.375. The van der Waals surface area contributed by atoms with Crippen molar-refractivity contribution in [3.05, 3.63) is 33.4 Å². The number of Topliss-reactive ketones (excluding diaryl/α,β-unsaturated/α-hetero) is 2. The van der Waals surface area contributed by atoms with Crippen LogP contribution in [0, 0.1) is 13.8 Å². The van der Waals surface area contributed by atoms with E-state index in [4.69, 9.17) is 9.47 Å². The standard InChI is InChI=1S/C25H32O8/c1-7-9-16(26)18-20(28)12(3)24(32-5)14(22(18)30)11-15-23(31)19(17(27)10-8-2)21(29)13(4)25(15)33-6/h28-31H,7-11H2,1-6H3. The van der Waals surface area contributed by atoms with Gasteiger partial charge in [-0.2, -0.15) is 0 Å². The molecule has 0 saturated heterocycles. The van der Waals surface area contributed by atoms with Crippen molar-refractivity contribution >= 4 is 11.6 Å². The molecule has 0 heterocycles. The summed E-state index contributed by atoms with van der Waals surface area (Å²) >= 11 is 0. The van der Waals surface area contributed by atoms with E-state index >= 15 is 0 Å². The van der Waals surface area contributed by atoms with Gasteiger partial charge in [0.2, 0.25) is 0 Å². The number of carbonyl (C=O) groups is 2. The minimum Gasteiger partial charge on any atom is -0.507 e. The molecule has 0 saturated carbocycles. The Balaban J connectivity index is 2.87. The summed E-state index contributed by atoms with van der Waals surface area (Å²) < 4.78 is 10.8. The molecule has 8 heteroatoms. The number of ketones is 2. The van der Waals surface area contributed by atoms with Crippen LogP contribution in [0.15, 0.2) is 0 Å². The molecule has 33 heavy (non-hydrogen) atoms. The molecule has 2 rings (SSSR count). The summed E-state index contributed by atoms with van der Waals surface area (Å²) in [4.78, 5) is 25.3. The van der Waals surface area contributed by atoms with Crippen LogP contribution in [0.3, 0.4) is 0 Å². The Hall–Kier alpha value is -3.42. The third kappa shape index (κ3) is 4.55. The molecule has 0 atom stereocenters. The molecule has 0 spiro atoms. The normalized spacial score (nSPS) is 10.8. The first-order valence-corrected chi connectivity index (χ1v) is 10.9. The fourth-order valence-electron chi connectivity index (χ4n) is 4.07. The fraction of sp³-hybridized carbons (Fsp3) is 0.440. The third-order valence-electron chi connectivity index (χ3n) is 5.73. The Labute approximate surface area is 193 Å². The first-order valence-electron chi connectivity index (χ1n) is 10.9. The number of aromatic hydroxyl groups is 4. The molecular formula is C25H32O8. The van der Waals surface area contributed by atoms with Crippen LogP contribution < -0.4 is 9.47 Å². The second-order valence-electron chi connectivity index (χ2n) is 7.94. The highest BCUT2D eigenvalue weighted by Crippen LogP contribution is 2.48. The Kier molecular flexibility index (Phi) is 8.19. The van der Waals surface area contributed by atoms with Gasteiger partial charge in [0.05, 0.1) is 14.2 Å². The van der Waals surface area contributed by atoms with Crippen molar-refractivity contribution in [1.82, 2.24) is 0 Å². The summed E-state index contributed by atoms with van der Waals surface area (Å²) in [6.07, 6.45) is 1.09. The van der Waals surface area contributed by atoms with Crippen molar-refractivity contribution in [2.45, 2.75) is 59.8 Å². The topological polar surface area (TPSA) is 134 Å². The van der Waals surface area contributed by atoms with Gasteiger partial charge in [-0.15, -0.1) is 0 Å². The summed E-state index contributed by atoms with van der Waals surface area (Å²) in [6.45, 7) is 6.71. The highest BCUT2D eigenvalue weighted by atomic mass is 16.5. The fourth-order valence-corrected chi connectivity index (χ4v) is 4.07. The first kappa shape index (κ1) is 25.8. The second kappa shape index (κ2) is 10.5. The number of rotatable bonds is 10. The zero-order chi connectivity index (χ0) is 25.0. The molecule has 0 fully saturated rings. The van der Waals surface area contributed by atoms with Crippen LogP contribution in [0.1, 0.15) is 82.5 Å². The number of hydrogen-bond donors (Lipinski definition) is 4. The molecule has 0 aliphatic heterocycles. The van der Waals surface area contributed by atoms with Crippen molar-refractivity contribution in [2.24, 2.45) is 0 Å². The van der Waals surface area contributed by atoms with Crippen LogP contribution >= 0.6 is 0 Å². The van der Waals surface area contributed by atoms with Crippen LogP contribution in [0.2, 0.25) is 0 Å². The SMILES string of the molecule is CCCC(=O)c1c(O)c(C)c(OC)c(Cc2c(O)c(C(=O)CCC)c(O)c(C)c2OC)c1O. The van der Waals surface area contributed by atoms with E-state index in [1.807, 2.05) is 0 Å². The lowest BCUT2D eigenvalue weighted by molar-refractivity contribution is 0.0967. The van der Waals surface area contributed by atoms with Crippen molar-refractivity contribution in [3.8, 4) is 34.5 Å².